The molecule has 28 heavy (non-hydrogen) atoms. The second kappa shape index (κ2) is 12.6. The van der Waals surface area contributed by atoms with Crippen LogP contribution in [0.15, 0.2) is 41.4 Å². The fourth-order valence-electron chi connectivity index (χ4n) is 2.73. The highest BCUT2D eigenvalue weighted by molar-refractivity contribution is 14.0. The summed E-state index contributed by atoms with van der Waals surface area (Å²) >= 11 is 6.02. The molecule has 6 nitrogen and oxygen atoms in total. The van der Waals surface area contributed by atoms with E-state index in [4.69, 9.17) is 25.8 Å². The van der Waals surface area contributed by atoms with Crippen LogP contribution in [0.3, 0.4) is 0 Å². The lowest BCUT2D eigenvalue weighted by atomic mass is 10.1. The maximum absolute atomic E-state index is 6.02. The molecule has 2 aromatic rings. The molecule has 0 aliphatic rings. The van der Waals surface area contributed by atoms with E-state index in [0.717, 1.165) is 28.5 Å². The molecule has 0 amide bonds. The van der Waals surface area contributed by atoms with Crippen molar-refractivity contribution in [1.82, 2.24) is 10.6 Å². The third-order valence-electron chi connectivity index (χ3n) is 4.05. The molecule has 0 radical (unpaired) electrons. The monoisotopic (exact) mass is 519 g/mol. The van der Waals surface area contributed by atoms with E-state index in [1.54, 1.807) is 28.4 Å². The van der Waals surface area contributed by atoms with E-state index < -0.39 is 0 Å². The van der Waals surface area contributed by atoms with Gasteiger partial charge in [-0.05, 0) is 30.2 Å². The van der Waals surface area contributed by atoms with Crippen molar-refractivity contribution in [3.63, 3.8) is 0 Å². The van der Waals surface area contributed by atoms with Crippen molar-refractivity contribution < 1.29 is 14.2 Å². The van der Waals surface area contributed by atoms with Gasteiger partial charge in [-0.25, -0.2) is 0 Å². The number of benzene rings is 2. The van der Waals surface area contributed by atoms with Crippen molar-refractivity contribution in [2.24, 2.45) is 4.99 Å². The Bertz CT molecular complexity index is 787. The fraction of sp³-hybridized carbons (Fsp3) is 0.350. The van der Waals surface area contributed by atoms with Gasteiger partial charge < -0.3 is 24.8 Å². The third-order valence-corrected chi connectivity index (χ3v) is 4.28. The van der Waals surface area contributed by atoms with Gasteiger partial charge in [0.1, 0.15) is 0 Å². The summed E-state index contributed by atoms with van der Waals surface area (Å²) in [6, 6.07) is 11.6. The average molecular weight is 520 g/mol. The van der Waals surface area contributed by atoms with Gasteiger partial charge in [0.15, 0.2) is 17.5 Å². The quantitative estimate of drug-likeness (QED) is 0.315. The normalized spacial score (nSPS) is 10.7. The molecule has 8 heteroatoms. The summed E-state index contributed by atoms with van der Waals surface area (Å²) in [7, 11) is 6.57. The number of halogens is 2. The van der Waals surface area contributed by atoms with Crippen LogP contribution in [0.1, 0.15) is 11.1 Å². The van der Waals surface area contributed by atoms with Crippen molar-refractivity contribution in [2.45, 2.75) is 13.0 Å². The Labute approximate surface area is 188 Å². The van der Waals surface area contributed by atoms with Gasteiger partial charge >= 0.3 is 0 Å². The van der Waals surface area contributed by atoms with Gasteiger partial charge in [0.25, 0.3) is 0 Å². The number of hydrogen-bond donors (Lipinski definition) is 2. The topological polar surface area (TPSA) is 64.1 Å². The van der Waals surface area contributed by atoms with Crippen molar-refractivity contribution in [3.05, 3.63) is 52.5 Å². The zero-order valence-corrected chi connectivity index (χ0v) is 19.6. The zero-order valence-electron chi connectivity index (χ0n) is 16.5. The molecule has 0 unspecified atom stereocenters. The van der Waals surface area contributed by atoms with Crippen LogP contribution < -0.4 is 24.8 Å². The van der Waals surface area contributed by atoms with Crippen molar-refractivity contribution >= 4 is 41.5 Å². The van der Waals surface area contributed by atoms with Crippen molar-refractivity contribution in [2.75, 3.05) is 34.9 Å². The van der Waals surface area contributed by atoms with Crippen LogP contribution in [-0.4, -0.2) is 40.9 Å². The minimum Gasteiger partial charge on any atom is -0.493 e. The Morgan fingerprint density at radius 3 is 2.36 bits per heavy atom. The average Bonchev–Trinajstić information content (AvgIpc) is 2.69. The SMILES string of the molecule is CN=C(NCCc1ccc(OC)c(OC)c1OC)NCc1cccc(Cl)c1.I. The van der Waals surface area contributed by atoms with Crippen LogP contribution in [0.25, 0.3) is 0 Å². The summed E-state index contributed by atoms with van der Waals surface area (Å²) in [5.74, 6) is 2.64. The van der Waals surface area contributed by atoms with Crippen LogP contribution in [0.2, 0.25) is 5.02 Å². The Hall–Kier alpha value is -1.87. The van der Waals surface area contributed by atoms with Crippen LogP contribution in [0.4, 0.5) is 0 Å². The first kappa shape index (κ1) is 24.2. The molecule has 0 atom stereocenters. The molecule has 0 saturated carbocycles. The predicted molar refractivity (Wildman–Crippen MR) is 125 cm³/mol. The molecule has 0 spiro atoms. The van der Waals surface area contributed by atoms with Crippen LogP contribution in [0.5, 0.6) is 17.2 Å². The first-order chi connectivity index (χ1) is 13.1. The summed E-state index contributed by atoms with van der Waals surface area (Å²) in [5, 5.41) is 7.29. The second-order valence-electron chi connectivity index (χ2n) is 5.73. The lowest BCUT2D eigenvalue weighted by Gasteiger charge is -2.16. The maximum Gasteiger partial charge on any atom is 0.203 e. The number of nitrogens with one attached hydrogen (secondary N) is 2. The number of ether oxygens (including phenoxy) is 3. The van der Waals surface area contributed by atoms with Crippen LogP contribution >= 0.6 is 35.6 Å². The highest BCUT2D eigenvalue weighted by Crippen LogP contribution is 2.39. The van der Waals surface area contributed by atoms with Gasteiger partial charge in [0, 0.05) is 30.7 Å². The molecule has 0 aliphatic carbocycles. The van der Waals surface area contributed by atoms with E-state index in [1.165, 1.54) is 0 Å². The number of nitrogens with zero attached hydrogens (tertiary/aromatic N) is 1. The van der Waals surface area contributed by atoms with Crippen molar-refractivity contribution in [1.29, 1.82) is 0 Å². The van der Waals surface area contributed by atoms with Gasteiger partial charge in [-0.15, -0.1) is 24.0 Å². The minimum atomic E-state index is 0. The van der Waals surface area contributed by atoms with Crippen molar-refractivity contribution in [3.8, 4) is 17.2 Å². The first-order valence-corrected chi connectivity index (χ1v) is 8.97. The molecule has 2 N–H and O–H groups in total. The summed E-state index contributed by atoms with van der Waals surface area (Å²) in [6.07, 6.45) is 0.737. The summed E-state index contributed by atoms with van der Waals surface area (Å²) < 4.78 is 16.3. The fourth-order valence-corrected chi connectivity index (χ4v) is 2.94. The Kier molecular flexibility index (Phi) is 10.8. The largest absolute Gasteiger partial charge is 0.493 e. The summed E-state index contributed by atoms with van der Waals surface area (Å²) in [6.45, 7) is 1.32. The summed E-state index contributed by atoms with van der Waals surface area (Å²) in [5.41, 5.74) is 2.11. The van der Waals surface area contributed by atoms with E-state index in [9.17, 15) is 0 Å². The standard InChI is InChI=1S/C20H26ClN3O3.HI/c1-22-20(24-13-14-6-5-7-16(21)12-14)23-11-10-15-8-9-17(25-2)19(27-4)18(15)26-3;/h5-9,12H,10-11,13H2,1-4H3,(H2,22,23,24);1H. The predicted octanol–water partition coefficient (Wildman–Crippen LogP) is 3.89. The van der Waals surface area contributed by atoms with Gasteiger partial charge in [-0.1, -0.05) is 29.8 Å². The zero-order chi connectivity index (χ0) is 19.6. The molecule has 2 aromatic carbocycles. The van der Waals surface area contributed by atoms with E-state index in [1.807, 2.05) is 36.4 Å². The van der Waals surface area contributed by atoms with E-state index >= 15 is 0 Å². The van der Waals surface area contributed by atoms with E-state index in [2.05, 4.69) is 15.6 Å². The molecule has 0 aromatic heterocycles. The number of rotatable bonds is 8. The Morgan fingerprint density at radius 1 is 1.00 bits per heavy atom. The molecule has 0 aliphatic heterocycles. The highest BCUT2D eigenvalue weighted by atomic mass is 127. The number of hydrogen-bond acceptors (Lipinski definition) is 4. The molecule has 0 heterocycles. The van der Waals surface area contributed by atoms with Gasteiger partial charge in [-0.3, -0.25) is 4.99 Å². The lowest BCUT2D eigenvalue weighted by molar-refractivity contribution is 0.322. The van der Waals surface area contributed by atoms with E-state index in [0.29, 0.717) is 30.3 Å². The molecule has 0 bridgehead atoms. The first-order valence-electron chi connectivity index (χ1n) is 8.59. The van der Waals surface area contributed by atoms with Gasteiger partial charge in [0.05, 0.1) is 21.3 Å². The molecule has 154 valence electrons. The highest BCUT2D eigenvalue weighted by Gasteiger charge is 2.15. The number of methoxy groups -OCH3 is 3. The molecular formula is C20H27ClIN3O3. The van der Waals surface area contributed by atoms with Gasteiger partial charge in [0.2, 0.25) is 5.75 Å². The van der Waals surface area contributed by atoms with Crippen LogP contribution in [-0.2, 0) is 13.0 Å². The molecular weight excluding hydrogens is 493 g/mol. The van der Waals surface area contributed by atoms with Gasteiger partial charge in [-0.2, -0.15) is 0 Å². The molecule has 0 fully saturated rings. The molecule has 0 saturated heterocycles. The number of aliphatic imine (C=N–C) groups is 1. The Balaban J connectivity index is 0.00000392. The third kappa shape index (κ3) is 6.63. The Morgan fingerprint density at radius 2 is 1.75 bits per heavy atom. The second-order valence-corrected chi connectivity index (χ2v) is 6.16. The van der Waals surface area contributed by atoms with Crippen LogP contribution in [0, 0.1) is 0 Å². The number of guanidine groups is 1. The molecule has 2 rings (SSSR count). The van der Waals surface area contributed by atoms with E-state index in [-0.39, 0.29) is 24.0 Å². The summed E-state index contributed by atoms with van der Waals surface area (Å²) in [4.78, 5) is 4.25. The maximum atomic E-state index is 6.02. The lowest BCUT2D eigenvalue weighted by Crippen LogP contribution is -2.37. The smallest absolute Gasteiger partial charge is 0.203 e. The minimum absolute atomic E-state index is 0.